The molecule has 0 aliphatic rings. The normalized spacial score (nSPS) is 10.5. The maximum atomic E-state index is 5.76. The molecule has 0 saturated carbocycles. The molecule has 0 spiro atoms. The molecule has 0 amide bonds. The van der Waals surface area contributed by atoms with E-state index in [2.05, 4.69) is 41.4 Å². The number of alkyl halides is 1. The van der Waals surface area contributed by atoms with Crippen LogP contribution in [-0.4, -0.2) is 14.8 Å². The van der Waals surface area contributed by atoms with Gasteiger partial charge < -0.3 is 0 Å². The largest absolute Gasteiger partial charge is 0.285 e. The highest BCUT2D eigenvalue weighted by molar-refractivity contribution is 6.16. The lowest BCUT2D eigenvalue weighted by Gasteiger charge is -2.05. The van der Waals surface area contributed by atoms with E-state index in [1.165, 1.54) is 5.56 Å². The molecular weight excluding hydrogens is 210 g/mol. The molecule has 2 aromatic rings. The van der Waals surface area contributed by atoms with Gasteiger partial charge >= 0.3 is 0 Å². The number of aryl methyl sites for hydroxylation is 1. The molecule has 1 aromatic carbocycles. The van der Waals surface area contributed by atoms with Gasteiger partial charge in [0, 0.05) is 5.69 Å². The Kier molecular flexibility index (Phi) is 3.02. The Morgan fingerprint density at radius 1 is 1.27 bits per heavy atom. The van der Waals surface area contributed by atoms with Crippen molar-refractivity contribution in [3.05, 3.63) is 42.0 Å². The van der Waals surface area contributed by atoms with Gasteiger partial charge in [0.2, 0.25) is 0 Å². The molecule has 1 aromatic heterocycles. The number of benzene rings is 1. The molecule has 0 aliphatic carbocycles. The number of halogens is 1. The van der Waals surface area contributed by atoms with E-state index in [9.17, 15) is 0 Å². The molecule has 3 nitrogen and oxygen atoms in total. The van der Waals surface area contributed by atoms with Crippen LogP contribution in [0.15, 0.2) is 30.6 Å². The van der Waals surface area contributed by atoms with Gasteiger partial charge in [-0.1, -0.05) is 19.1 Å². The van der Waals surface area contributed by atoms with Crippen molar-refractivity contribution in [2.24, 2.45) is 0 Å². The van der Waals surface area contributed by atoms with Crippen LogP contribution in [0, 0.1) is 0 Å². The van der Waals surface area contributed by atoms with Crippen LogP contribution in [0.4, 0.5) is 0 Å². The van der Waals surface area contributed by atoms with Crippen molar-refractivity contribution in [1.29, 1.82) is 0 Å². The van der Waals surface area contributed by atoms with Crippen LogP contribution in [0.3, 0.4) is 0 Å². The summed E-state index contributed by atoms with van der Waals surface area (Å²) in [7, 11) is 0. The predicted molar refractivity (Wildman–Crippen MR) is 60.3 cm³/mol. The van der Waals surface area contributed by atoms with Crippen LogP contribution in [0.5, 0.6) is 0 Å². The van der Waals surface area contributed by atoms with Crippen molar-refractivity contribution in [1.82, 2.24) is 14.8 Å². The number of hydrogen-bond acceptors (Lipinski definition) is 2. The van der Waals surface area contributed by atoms with Crippen molar-refractivity contribution < 1.29 is 0 Å². The highest BCUT2D eigenvalue weighted by Crippen LogP contribution is 2.12. The standard InChI is InChI=1S/C11H12ClN3/c1-2-9-3-5-10(6-4-9)15-8-13-14-11(15)7-12/h3-6,8H,2,7H2,1H3. The average Bonchev–Trinajstić information content (AvgIpc) is 2.77. The third-order valence-electron chi connectivity index (χ3n) is 2.36. The minimum atomic E-state index is 0.371. The van der Waals surface area contributed by atoms with Gasteiger partial charge in [-0.05, 0) is 24.1 Å². The topological polar surface area (TPSA) is 30.7 Å². The van der Waals surface area contributed by atoms with Gasteiger partial charge in [-0.2, -0.15) is 0 Å². The fourth-order valence-electron chi connectivity index (χ4n) is 1.46. The Morgan fingerprint density at radius 3 is 2.60 bits per heavy atom. The molecule has 15 heavy (non-hydrogen) atoms. The van der Waals surface area contributed by atoms with Crippen LogP contribution in [0.25, 0.3) is 5.69 Å². The second-order valence-corrected chi connectivity index (χ2v) is 3.54. The first-order valence-electron chi connectivity index (χ1n) is 4.89. The van der Waals surface area contributed by atoms with Gasteiger partial charge in [0.1, 0.15) is 6.33 Å². The molecule has 0 N–H and O–H groups in total. The lowest BCUT2D eigenvalue weighted by atomic mass is 10.1. The molecule has 0 atom stereocenters. The monoisotopic (exact) mass is 221 g/mol. The summed E-state index contributed by atoms with van der Waals surface area (Å²) in [5.41, 5.74) is 2.37. The van der Waals surface area contributed by atoms with Gasteiger partial charge in [0.05, 0.1) is 5.88 Å². The smallest absolute Gasteiger partial charge is 0.152 e. The van der Waals surface area contributed by atoms with E-state index in [-0.39, 0.29) is 0 Å². The maximum absolute atomic E-state index is 5.76. The zero-order chi connectivity index (χ0) is 10.7. The molecule has 0 fully saturated rings. The second kappa shape index (κ2) is 4.45. The molecule has 2 rings (SSSR count). The molecule has 0 aliphatic heterocycles. The van der Waals surface area contributed by atoms with Gasteiger partial charge in [-0.3, -0.25) is 4.57 Å². The minimum Gasteiger partial charge on any atom is -0.285 e. The molecule has 0 bridgehead atoms. The first-order valence-corrected chi connectivity index (χ1v) is 5.42. The van der Waals surface area contributed by atoms with Gasteiger partial charge in [-0.25, -0.2) is 0 Å². The molecule has 0 unspecified atom stereocenters. The number of aromatic nitrogens is 3. The lowest BCUT2D eigenvalue weighted by molar-refractivity contribution is 0.949. The van der Waals surface area contributed by atoms with Gasteiger partial charge in [0.15, 0.2) is 5.82 Å². The maximum Gasteiger partial charge on any atom is 0.152 e. The fraction of sp³-hybridized carbons (Fsp3) is 0.273. The molecule has 78 valence electrons. The Labute approximate surface area is 93.7 Å². The van der Waals surface area contributed by atoms with E-state index in [1.807, 2.05) is 4.57 Å². The molecule has 0 radical (unpaired) electrons. The third kappa shape index (κ3) is 2.02. The van der Waals surface area contributed by atoms with E-state index in [0.29, 0.717) is 5.88 Å². The number of nitrogens with zero attached hydrogens (tertiary/aromatic N) is 3. The molecule has 1 heterocycles. The summed E-state index contributed by atoms with van der Waals surface area (Å²) in [4.78, 5) is 0. The Bertz CT molecular complexity index is 433. The van der Waals surface area contributed by atoms with Crippen LogP contribution in [-0.2, 0) is 12.3 Å². The quantitative estimate of drug-likeness (QED) is 0.746. The zero-order valence-corrected chi connectivity index (χ0v) is 9.28. The van der Waals surface area contributed by atoms with Gasteiger partial charge in [-0.15, -0.1) is 21.8 Å². The summed E-state index contributed by atoms with van der Waals surface area (Å²) in [6.45, 7) is 2.14. The average molecular weight is 222 g/mol. The van der Waals surface area contributed by atoms with Crippen molar-refractivity contribution in [2.75, 3.05) is 0 Å². The van der Waals surface area contributed by atoms with Crippen molar-refractivity contribution in [3.8, 4) is 5.69 Å². The van der Waals surface area contributed by atoms with E-state index >= 15 is 0 Å². The van der Waals surface area contributed by atoms with E-state index in [0.717, 1.165) is 17.9 Å². The summed E-state index contributed by atoms with van der Waals surface area (Å²) >= 11 is 5.76. The van der Waals surface area contributed by atoms with Crippen molar-refractivity contribution in [3.63, 3.8) is 0 Å². The summed E-state index contributed by atoms with van der Waals surface area (Å²) in [5.74, 6) is 1.14. The summed E-state index contributed by atoms with van der Waals surface area (Å²) < 4.78 is 1.90. The Morgan fingerprint density at radius 2 is 2.00 bits per heavy atom. The zero-order valence-electron chi connectivity index (χ0n) is 8.52. The molecule has 0 saturated heterocycles. The second-order valence-electron chi connectivity index (χ2n) is 3.27. The van der Waals surface area contributed by atoms with Crippen LogP contribution >= 0.6 is 11.6 Å². The van der Waals surface area contributed by atoms with Gasteiger partial charge in [0.25, 0.3) is 0 Å². The molecule has 4 heteroatoms. The third-order valence-corrected chi connectivity index (χ3v) is 2.60. The Balaban J connectivity index is 2.37. The lowest BCUT2D eigenvalue weighted by Crippen LogP contribution is -1.97. The van der Waals surface area contributed by atoms with Crippen LogP contribution in [0.1, 0.15) is 18.3 Å². The fourth-order valence-corrected chi connectivity index (χ4v) is 1.64. The van der Waals surface area contributed by atoms with E-state index < -0.39 is 0 Å². The van der Waals surface area contributed by atoms with Crippen molar-refractivity contribution >= 4 is 11.6 Å². The molecular formula is C11H12ClN3. The van der Waals surface area contributed by atoms with Crippen LogP contribution < -0.4 is 0 Å². The summed E-state index contributed by atoms with van der Waals surface area (Å²) in [6, 6.07) is 8.32. The highest BCUT2D eigenvalue weighted by atomic mass is 35.5. The number of hydrogen-bond donors (Lipinski definition) is 0. The number of rotatable bonds is 3. The summed E-state index contributed by atoms with van der Waals surface area (Å²) in [6.07, 6.45) is 2.73. The first kappa shape index (κ1) is 10.2. The summed E-state index contributed by atoms with van der Waals surface area (Å²) in [5, 5.41) is 7.78. The van der Waals surface area contributed by atoms with E-state index in [1.54, 1.807) is 6.33 Å². The van der Waals surface area contributed by atoms with Crippen LogP contribution in [0.2, 0.25) is 0 Å². The SMILES string of the molecule is CCc1ccc(-n2cnnc2CCl)cc1. The minimum absolute atomic E-state index is 0.371. The predicted octanol–water partition coefficient (Wildman–Crippen LogP) is 2.57. The van der Waals surface area contributed by atoms with E-state index in [4.69, 9.17) is 11.6 Å². The highest BCUT2D eigenvalue weighted by Gasteiger charge is 2.04. The Hall–Kier alpha value is -1.35. The first-order chi connectivity index (χ1) is 7.35. The van der Waals surface area contributed by atoms with Crippen molar-refractivity contribution in [2.45, 2.75) is 19.2 Å².